The van der Waals surface area contributed by atoms with Gasteiger partial charge in [-0.3, -0.25) is 9.89 Å². The van der Waals surface area contributed by atoms with Gasteiger partial charge in [-0.25, -0.2) is 4.68 Å². The minimum atomic E-state index is -0.0707. The van der Waals surface area contributed by atoms with E-state index in [1.807, 2.05) is 31.8 Å². The van der Waals surface area contributed by atoms with Gasteiger partial charge in [0.25, 0.3) is 5.91 Å². The highest BCUT2D eigenvalue weighted by molar-refractivity contribution is 5.91. The summed E-state index contributed by atoms with van der Waals surface area (Å²) in [6.07, 6.45) is 9.93. The molecular formula is C18H28N6O. The molecule has 0 saturated heterocycles. The van der Waals surface area contributed by atoms with Crippen LogP contribution in [0.2, 0.25) is 0 Å². The smallest absolute Gasteiger partial charge is 0.275 e. The number of aromatic amines is 1. The predicted octanol–water partition coefficient (Wildman–Crippen LogP) is 2.83. The van der Waals surface area contributed by atoms with Crippen LogP contribution in [0.25, 0.3) is 0 Å². The van der Waals surface area contributed by atoms with Gasteiger partial charge in [-0.15, -0.1) is 5.10 Å². The third-order valence-electron chi connectivity index (χ3n) is 5.25. The molecule has 136 valence electrons. The molecule has 0 spiro atoms. The summed E-state index contributed by atoms with van der Waals surface area (Å²) in [7, 11) is 1.82. The molecule has 7 heteroatoms. The molecule has 25 heavy (non-hydrogen) atoms. The summed E-state index contributed by atoms with van der Waals surface area (Å²) in [6, 6.07) is 0.387. The number of aryl methyl sites for hydroxylation is 2. The quantitative estimate of drug-likeness (QED) is 0.846. The van der Waals surface area contributed by atoms with Gasteiger partial charge in [-0.05, 0) is 38.7 Å². The number of hydrogen-bond donors (Lipinski definition) is 1. The van der Waals surface area contributed by atoms with Crippen molar-refractivity contribution >= 4 is 5.91 Å². The van der Waals surface area contributed by atoms with Crippen LogP contribution in [0, 0.1) is 13.8 Å². The molecule has 0 aromatic carbocycles. The van der Waals surface area contributed by atoms with Crippen molar-refractivity contribution < 1.29 is 4.79 Å². The Hall–Kier alpha value is -2.18. The van der Waals surface area contributed by atoms with Gasteiger partial charge in [0.2, 0.25) is 0 Å². The van der Waals surface area contributed by atoms with Crippen LogP contribution < -0.4 is 0 Å². The highest BCUT2D eigenvalue weighted by Crippen LogP contribution is 2.26. The van der Waals surface area contributed by atoms with E-state index in [0.717, 1.165) is 30.7 Å². The van der Waals surface area contributed by atoms with Crippen molar-refractivity contribution in [1.29, 1.82) is 0 Å². The van der Waals surface area contributed by atoms with Gasteiger partial charge < -0.3 is 4.90 Å². The van der Waals surface area contributed by atoms with Crippen molar-refractivity contribution in [2.75, 3.05) is 13.6 Å². The molecule has 1 N–H and O–H groups in total. The number of carbonyl (C=O) groups excluding carboxylic acids is 1. The fraction of sp³-hybridized carbons (Fsp3) is 0.667. The average Bonchev–Trinajstić information content (AvgIpc) is 3.10. The van der Waals surface area contributed by atoms with Crippen molar-refractivity contribution in [3.8, 4) is 0 Å². The number of hydrogen-bond acceptors (Lipinski definition) is 4. The second-order valence-electron chi connectivity index (χ2n) is 7.12. The molecule has 0 unspecified atom stereocenters. The molecule has 1 saturated carbocycles. The van der Waals surface area contributed by atoms with E-state index in [1.165, 1.54) is 31.2 Å². The zero-order chi connectivity index (χ0) is 17.8. The van der Waals surface area contributed by atoms with Crippen molar-refractivity contribution in [3.05, 3.63) is 28.8 Å². The van der Waals surface area contributed by atoms with E-state index < -0.39 is 0 Å². The van der Waals surface area contributed by atoms with E-state index in [0.29, 0.717) is 18.3 Å². The van der Waals surface area contributed by atoms with Crippen LogP contribution >= 0.6 is 0 Å². The van der Waals surface area contributed by atoms with Gasteiger partial charge in [0.1, 0.15) is 0 Å². The highest BCUT2D eigenvalue weighted by atomic mass is 16.2. The molecule has 3 rings (SSSR count). The lowest BCUT2D eigenvalue weighted by Gasteiger charge is -2.16. The first kappa shape index (κ1) is 17.6. The van der Waals surface area contributed by atoms with Crippen LogP contribution in [-0.4, -0.2) is 49.6 Å². The lowest BCUT2D eigenvalue weighted by atomic mass is 10.1. The van der Waals surface area contributed by atoms with Gasteiger partial charge in [0, 0.05) is 19.3 Å². The number of nitrogens with one attached hydrogen (secondary N) is 1. The van der Waals surface area contributed by atoms with E-state index in [2.05, 4.69) is 20.5 Å². The number of likely N-dealkylation sites (N-methyl/N-ethyl adjacent to an activating group) is 1. The Morgan fingerprint density at radius 2 is 2.00 bits per heavy atom. The van der Waals surface area contributed by atoms with E-state index in [-0.39, 0.29) is 5.91 Å². The molecule has 1 fully saturated rings. The molecule has 1 amide bonds. The first-order valence-corrected chi connectivity index (χ1v) is 9.24. The first-order chi connectivity index (χ1) is 12.1. The van der Waals surface area contributed by atoms with Crippen LogP contribution in [0.1, 0.15) is 72.0 Å². The van der Waals surface area contributed by atoms with Gasteiger partial charge in [-0.1, -0.05) is 30.9 Å². The maximum atomic E-state index is 12.6. The lowest BCUT2D eigenvalue weighted by molar-refractivity contribution is 0.0790. The van der Waals surface area contributed by atoms with Crippen LogP contribution in [-0.2, 0) is 6.42 Å². The SMILES string of the molecule is Cc1n[nH]c(C)c1CCN(C)C(=O)c1cn(C2CCCCCC2)nn1. The second kappa shape index (κ2) is 7.80. The van der Waals surface area contributed by atoms with Crippen molar-refractivity contribution in [3.63, 3.8) is 0 Å². The number of rotatable bonds is 5. The minimum absolute atomic E-state index is 0.0707. The zero-order valence-corrected chi connectivity index (χ0v) is 15.5. The van der Waals surface area contributed by atoms with Crippen LogP contribution in [0.4, 0.5) is 0 Å². The normalized spacial score (nSPS) is 16.0. The molecular weight excluding hydrogens is 316 g/mol. The molecule has 7 nitrogen and oxygen atoms in total. The van der Waals surface area contributed by atoms with Gasteiger partial charge in [0.05, 0.1) is 17.9 Å². The second-order valence-corrected chi connectivity index (χ2v) is 7.12. The summed E-state index contributed by atoms with van der Waals surface area (Å²) in [5.41, 5.74) is 3.68. The number of amides is 1. The van der Waals surface area contributed by atoms with Crippen LogP contribution in [0.15, 0.2) is 6.20 Å². The van der Waals surface area contributed by atoms with Crippen LogP contribution in [0.3, 0.4) is 0 Å². The lowest BCUT2D eigenvalue weighted by Crippen LogP contribution is -2.29. The van der Waals surface area contributed by atoms with Crippen LogP contribution in [0.5, 0.6) is 0 Å². The number of aromatic nitrogens is 5. The van der Waals surface area contributed by atoms with E-state index in [9.17, 15) is 4.79 Å². The standard InChI is InChI=1S/C18H28N6O/c1-13-16(14(2)20-19-13)10-11-23(3)18(25)17-12-24(22-21-17)15-8-6-4-5-7-9-15/h12,15H,4-11H2,1-3H3,(H,19,20). The Bertz CT molecular complexity index is 691. The summed E-state index contributed by atoms with van der Waals surface area (Å²) in [5.74, 6) is -0.0707. The Labute approximate surface area is 148 Å². The fourth-order valence-electron chi connectivity index (χ4n) is 3.59. The molecule has 2 aromatic rings. The molecule has 0 radical (unpaired) electrons. The largest absolute Gasteiger partial charge is 0.340 e. The topological polar surface area (TPSA) is 79.7 Å². The Morgan fingerprint density at radius 3 is 2.64 bits per heavy atom. The van der Waals surface area contributed by atoms with E-state index in [4.69, 9.17) is 0 Å². The third-order valence-corrected chi connectivity index (χ3v) is 5.25. The highest BCUT2D eigenvalue weighted by Gasteiger charge is 2.20. The summed E-state index contributed by atoms with van der Waals surface area (Å²) in [6.45, 7) is 4.63. The summed E-state index contributed by atoms with van der Waals surface area (Å²) in [5, 5.41) is 15.5. The van der Waals surface area contributed by atoms with Crippen molar-refractivity contribution in [2.45, 2.75) is 64.8 Å². The Balaban J connectivity index is 1.60. The number of carbonyl (C=O) groups is 1. The summed E-state index contributed by atoms with van der Waals surface area (Å²) < 4.78 is 1.90. The Morgan fingerprint density at radius 1 is 1.28 bits per heavy atom. The van der Waals surface area contributed by atoms with E-state index >= 15 is 0 Å². The predicted molar refractivity (Wildman–Crippen MR) is 95.5 cm³/mol. The molecule has 2 heterocycles. The van der Waals surface area contributed by atoms with E-state index in [1.54, 1.807) is 4.90 Å². The average molecular weight is 344 g/mol. The van der Waals surface area contributed by atoms with Crippen molar-refractivity contribution in [1.82, 2.24) is 30.1 Å². The monoisotopic (exact) mass is 344 g/mol. The maximum Gasteiger partial charge on any atom is 0.275 e. The molecule has 1 aliphatic carbocycles. The summed E-state index contributed by atoms with van der Waals surface area (Å²) in [4.78, 5) is 14.3. The minimum Gasteiger partial charge on any atom is -0.340 e. The Kier molecular flexibility index (Phi) is 5.50. The third kappa shape index (κ3) is 4.08. The summed E-state index contributed by atoms with van der Waals surface area (Å²) >= 11 is 0. The molecule has 1 aliphatic rings. The van der Waals surface area contributed by atoms with Gasteiger partial charge in [0.15, 0.2) is 5.69 Å². The molecule has 0 bridgehead atoms. The zero-order valence-electron chi connectivity index (χ0n) is 15.5. The molecule has 0 atom stereocenters. The van der Waals surface area contributed by atoms with Gasteiger partial charge in [-0.2, -0.15) is 5.10 Å². The first-order valence-electron chi connectivity index (χ1n) is 9.24. The molecule has 2 aromatic heterocycles. The van der Waals surface area contributed by atoms with Gasteiger partial charge >= 0.3 is 0 Å². The fourth-order valence-corrected chi connectivity index (χ4v) is 3.59. The molecule has 0 aliphatic heterocycles. The maximum absolute atomic E-state index is 12.6. The number of nitrogens with zero attached hydrogens (tertiary/aromatic N) is 5. The van der Waals surface area contributed by atoms with Crippen molar-refractivity contribution in [2.24, 2.45) is 0 Å². The number of H-pyrrole nitrogens is 1.